The van der Waals surface area contributed by atoms with Crippen LogP contribution < -0.4 is 5.32 Å². The largest absolute Gasteiger partial charge is 0.350 e. The predicted molar refractivity (Wildman–Crippen MR) is 97.8 cm³/mol. The molecule has 114 valence electrons. The Morgan fingerprint density at radius 3 is 2.95 bits per heavy atom. The number of carbonyl (C=O) groups is 1. The summed E-state index contributed by atoms with van der Waals surface area (Å²) in [6, 6.07) is 6.10. The average molecular weight is 367 g/mol. The van der Waals surface area contributed by atoms with Gasteiger partial charge in [-0.3, -0.25) is 4.79 Å². The maximum atomic E-state index is 11.8. The first kappa shape index (κ1) is 15.7. The van der Waals surface area contributed by atoms with E-state index in [4.69, 9.17) is 0 Å². The minimum absolute atomic E-state index is 0.0756. The molecule has 3 aromatic heterocycles. The molecule has 3 rings (SSSR count). The van der Waals surface area contributed by atoms with Crippen LogP contribution in [0.3, 0.4) is 0 Å². The van der Waals surface area contributed by atoms with E-state index in [0.29, 0.717) is 12.3 Å². The molecule has 0 bridgehead atoms. The van der Waals surface area contributed by atoms with Gasteiger partial charge in [-0.25, -0.2) is 4.98 Å². The standard InChI is InChI=1S/C15H14N2OS4/c18-14(16-6-13-2-1-4-21-13)10-20-8-12-9-22-15(17-12)11-3-5-19-7-11/h1-5,7,9H,6,8,10H2,(H,16,18). The Hall–Kier alpha value is -1.15. The summed E-state index contributed by atoms with van der Waals surface area (Å²) >= 11 is 6.59. The van der Waals surface area contributed by atoms with Crippen LogP contribution in [0.2, 0.25) is 0 Å². The zero-order valence-electron chi connectivity index (χ0n) is 11.7. The summed E-state index contributed by atoms with van der Waals surface area (Å²) < 4.78 is 0. The van der Waals surface area contributed by atoms with E-state index < -0.39 is 0 Å². The molecule has 0 fully saturated rings. The third-order valence-electron chi connectivity index (χ3n) is 2.84. The SMILES string of the molecule is O=C(CSCc1csc(-c2ccsc2)n1)NCc1cccs1. The van der Waals surface area contributed by atoms with Gasteiger partial charge in [0, 0.05) is 27.0 Å². The highest BCUT2D eigenvalue weighted by atomic mass is 32.2. The van der Waals surface area contributed by atoms with Gasteiger partial charge in [-0.15, -0.1) is 34.4 Å². The molecule has 7 heteroatoms. The number of thiazole rings is 1. The molecule has 3 aromatic rings. The molecule has 22 heavy (non-hydrogen) atoms. The summed E-state index contributed by atoms with van der Waals surface area (Å²) in [7, 11) is 0. The van der Waals surface area contributed by atoms with Crippen molar-refractivity contribution in [3.05, 3.63) is 50.3 Å². The molecular weight excluding hydrogens is 352 g/mol. The molecule has 0 saturated carbocycles. The van der Waals surface area contributed by atoms with Crippen molar-refractivity contribution in [1.29, 1.82) is 0 Å². The van der Waals surface area contributed by atoms with Gasteiger partial charge in [-0.05, 0) is 22.9 Å². The minimum Gasteiger partial charge on any atom is -0.350 e. The third kappa shape index (κ3) is 4.42. The van der Waals surface area contributed by atoms with Crippen molar-refractivity contribution in [3.63, 3.8) is 0 Å². The Kier molecular flexibility index (Phi) is 5.66. The van der Waals surface area contributed by atoms with Crippen LogP contribution in [0, 0.1) is 0 Å². The number of rotatable bonds is 7. The fourth-order valence-corrected chi connectivity index (χ4v) is 4.82. The lowest BCUT2D eigenvalue weighted by atomic mass is 10.4. The van der Waals surface area contributed by atoms with Crippen molar-refractivity contribution in [3.8, 4) is 10.6 Å². The molecule has 0 radical (unpaired) electrons. The minimum atomic E-state index is 0.0756. The zero-order valence-corrected chi connectivity index (χ0v) is 14.9. The number of nitrogens with one attached hydrogen (secondary N) is 1. The lowest BCUT2D eigenvalue weighted by molar-refractivity contribution is -0.118. The summed E-state index contributed by atoms with van der Waals surface area (Å²) in [5.74, 6) is 1.32. The van der Waals surface area contributed by atoms with E-state index in [-0.39, 0.29) is 5.91 Å². The Morgan fingerprint density at radius 1 is 1.23 bits per heavy atom. The van der Waals surface area contributed by atoms with Crippen molar-refractivity contribution in [2.45, 2.75) is 12.3 Å². The van der Waals surface area contributed by atoms with Crippen LogP contribution in [0.4, 0.5) is 0 Å². The highest BCUT2D eigenvalue weighted by Gasteiger charge is 2.07. The number of amides is 1. The highest BCUT2D eigenvalue weighted by Crippen LogP contribution is 2.27. The van der Waals surface area contributed by atoms with Gasteiger partial charge in [0.2, 0.25) is 5.91 Å². The van der Waals surface area contributed by atoms with Crippen LogP contribution >= 0.6 is 45.8 Å². The number of hydrogen-bond donors (Lipinski definition) is 1. The van der Waals surface area contributed by atoms with Gasteiger partial charge >= 0.3 is 0 Å². The van der Waals surface area contributed by atoms with Gasteiger partial charge in [0.1, 0.15) is 5.01 Å². The lowest BCUT2D eigenvalue weighted by Gasteiger charge is -2.02. The van der Waals surface area contributed by atoms with Crippen molar-refractivity contribution < 1.29 is 4.79 Å². The Balaban J connectivity index is 1.40. The van der Waals surface area contributed by atoms with Gasteiger partial charge in [0.25, 0.3) is 0 Å². The van der Waals surface area contributed by atoms with Crippen LogP contribution in [-0.4, -0.2) is 16.6 Å². The van der Waals surface area contributed by atoms with E-state index in [2.05, 4.69) is 32.5 Å². The molecule has 0 atom stereocenters. The summed E-state index contributed by atoms with van der Waals surface area (Å²) in [4.78, 5) is 17.6. The maximum absolute atomic E-state index is 11.8. The zero-order chi connectivity index (χ0) is 15.2. The molecular formula is C15H14N2OS4. The molecule has 3 nitrogen and oxygen atoms in total. The number of carbonyl (C=O) groups excluding carboxylic acids is 1. The summed E-state index contributed by atoms with van der Waals surface area (Å²) in [6.45, 7) is 0.621. The second-order valence-electron chi connectivity index (χ2n) is 4.50. The second kappa shape index (κ2) is 7.92. The summed E-state index contributed by atoms with van der Waals surface area (Å²) in [5.41, 5.74) is 2.22. The number of nitrogens with zero attached hydrogens (tertiary/aromatic N) is 1. The number of hydrogen-bond acceptors (Lipinski definition) is 6. The quantitative estimate of drug-likeness (QED) is 0.670. The molecule has 0 aliphatic rings. The highest BCUT2D eigenvalue weighted by molar-refractivity contribution is 7.99. The van der Waals surface area contributed by atoms with Crippen LogP contribution in [0.5, 0.6) is 0 Å². The number of thiophene rings is 2. The van der Waals surface area contributed by atoms with Gasteiger partial charge in [0.05, 0.1) is 18.0 Å². The van der Waals surface area contributed by atoms with Gasteiger partial charge in [-0.2, -0.15) is 11.3 Å². The fraction of sp³-hybridized carbons (Fsp3) is 0.200. The predicted octanol–water partition coefficient (Wildman–Crippen LogP) is 4.48. The van der Waals surface area contributed by atoms with Crippen molar-refractivity contribution >= 4 is 51.7 Å². The van der Waals surface area contributed by atoms with E-state index in [1.807, 2.05) is 17.5 Å². The maximum Gasteiger partial charge on any atom is 0.230 e. The molecule has 3 heterocycles. The monoisotopic (exact) mass is 366 g/mol. The molecule has 1 amide bonds. The molecule has 0 spiro atoms. The van der Waals surface area contributed by atoms with Crippen LogP contribution in [0.25, 0.3) is 10.6 Å². The van der Waals surface area contributed by atoms with Gasteiger partial charge in [0.15, 0.2) is 0 Å². The van der Waals surface area contributed by atoms with Gasteiger partial charge in [-0.1, -0.05) is 6.07 Å². The van der Waals surface area contributed by atoms with Crippen LogP contribution in [0.1, 0.15) is 10.6 Å². The number of thioether (sulfide) groups is 1. The van der Waals surface area contributed by atoms with E-state index in [0.717, 1.165) is 16.5 Å². The number of aromatic nitrogens is 1. The molecule has 0 unspecified atom stereocenters. The van der Waals surface area contributed by atoms with E-state index in [1.54, 1.807) is 45.8 Å². The fourth-order valence-electron chi connectivity index (χ4n) is 1.79. The first-order chi connectivity index (χ1) is 10.8. The lowest BCUT2D eigenvalue weighted by Crippen LogP contribution is -2.24. The molecule has 0 aliphatic heterocycles. The first-order valence-electron chi connectivity index (χ1n) is 6.65. The molecule has 0 saturated heterocycles. The van der Waals surface area contributed by atoms with E-state index in [9.17, 15) is 4.79 Å². The normalized spacial score (nSPS) is 10.7. The smallest absolute Gasteiger partial charge is 0.230 e. The van der Waals surface area contributed by atoms with E-state index >= 15 is 0 Å². The van der Waals surface area contributed by atoms with Crippen molar-refractivity contribution in [2.24, 2.45) is 0 Å². The van der Waals surface area contributed by atoms with E-state index in [1.165, 1.54) is 10.4 Å². The average Bonchev–Trinajstić information content (AvgIpc) is 3.26. The van der Waals surface area contributed by atoms with Crippen molar-refractivity contribution in [2.75, 3.05) is 5.75 Å². The molecule has 0 aromatic carbocycles. The molecule has 0 aliphatic carbocycles. The Labute approximate surface area is 145 Å². The Morgan fingerprint density at radius 2 is 2.18 bits per heavy atom. The summed E-state index contributed by atoms with van der Waals surface area (Å²) in [5, 5.41) is 12.2. The second-order valence-corrected chi connectivity index (χ2v) is 8.16. The van der Waals surface area contributed by atoms with Crippen molar-refractivity contribution in [1.82, 2.24) is 10.3 Å². The van der Waals surface area contributed by atoms with Gasteiger partial charge < -0.3 is 5.32 Å². The van der Waals surface area contributed by atoms with Crippen LogP contribution in [-0.2, 0) is 17.1 Å². The topological polar surface area (TPSA) is 42.0 Å². The Bertz CT molecular complexity index is 704. The van der Waals surface area contributed by atoms with Crippen LogP contribution in [0.15, 0.2) is 39.7 Å². The molecule has 1 N–H and O–H groups in total. The summed E-state index contributed by atoms with van der Waals surface area (Å²) in [6.07, 6.45) is 0. The first-order valence-corrected chi connectivity index (χ1v) is 10.5. The third-order valence-corrected chi connectivity index (χ3v) is 6.31.